The zero-order valence-electron chi connectivity index (χ0n) is 6.54. The summed E-state index contributed by atoms with van der Waals surface area (Å²) in [7, 11) is -4.54. The summed E-state index contributed by atoms with van der Waals surface area (Å²) in [4.78, 5) is 22.1. The molecule has 0 unspecified atom stereocenters. The SMILES string of the molecule is O=C1CCC(=O)N1S(=O)(=O)C(Cl)(Cl)Cl. The number of nitrogens with zero attached hydrogens (tertiary/aromatic N) is 1. The average molecular weight is 281 g/mol. The number of carbonyl (C=O) groups is 2. The first-order chi connectivity index (χ1) is 6.18. The summed E-state index contributed by atoms with van der Waals surface area (Å²) in [5.74, 6) is -1.75. The van der Waals surface area contributed by atoms with Crippen molar-refractivity contribution in [3.8, 4) is 0 Å². The second-order valence-electron chi connectivity index (χ2n) is 2.50. The van der Waals surface area contributed by atoms with Gasteiger partial charge < -0.3 is 0 Å². The van der Waals surface area contributed by atoms with E-state index in [1.807, 2.05) is 0 Å². The lowest BCUT2D eigenvalue weighted by Crippen LogP contribution is -2.42. The lowest BCUT2D eigenvalue weighted by atomic mass is 10.4. The Hall–Kier alpha value is -0.0400. The highest BCUT2D eigenvalue weighted by atomic mass is 35.6. The number of imide groups is 1. The molecule has 14 heavy (non-hydrogen) atoms. The van der Waals surface area contributed by atoms with E-state index < -0.39 is 25.0 Å². The average Bonchev–Trinajstić information content (AvgIpc) is 2.28. The molecule has 0 spiro atoms. The highest BCUT2D eigenvalue weighted by Crippen LogP contribution is 2.37. The lowest BCUT2D eigenvalue weighted by Gasteiger charge is -2.19. The Morgan fingerprint density at radius 2 is 1.43 bits per heavy atom. The zero-order chi connectivity index (χ0) is 11.1. The van der Waals surface area contributed by atoms with Gasteiger partial charge in [-0.25, -0.2) is 8.42 Å². The zero-order valence-corrected chi connectivity index (χ0v) is 9.62. The van der Waals surface area contributed by atoms with Crippen LogP contribution in [-0.2, 0) is 19.6 Å². The number of rotatable bonds is 1. The molecule has 0 aromatic carbocycles. The fourth-order valence-corrected chi connectivity index (χ4v) is 2.47. The number of alkyl halides is 3. The summed E-state index contributed by atoms with van der Waals surface area (Å²) in [6.45, 7) is 0. The van der Waals surface area contributed by atoms with E-state index in [-0.39, 0.29) is 17.1 Å². The summed E-state index contributed by atoms with van der Waals surface area (Å²) in [5, 5.41) is 0. The van der Waals surface area contributed by atoms with Crippen molar-refractivity contribution in [2.75, 3.05) is 0 Å². The normalized spacial score (nSPS) is 19.2. The fourth-order valence-electron chi connectivity index (χ4n) is 0.928. The maximum absolute atomic E-state index is 11.4. The minimum Gasteiger partial charge on any atom is -0.273 e. The molecule has 9 heteroatoms. The van der Waals surface area contributed by atoms with Crippen molar-refractivity contribution < 1.29 is 18.0 Å². The molecule has 5 nitrogen and oxygen atoms in total. The van der Waals surface area contributed by atoms with Gasteiger partial charge in [-0.15, -0.1) is 0 Å². The molecule has 1 rings (SSSR count). The number of hydrogen-bond donors (Lipinski definition) is 0. The maximum Gasteiger partial charge on any atom is 0.312 e. The van der Waals surface area contributed by atoms with Crippen LogP contribution < -0.4 is 0 Å². The van der Waals surface area contributed by atoms with Crippen LogP contribution in [0.3, 0.4) is 0 Å². The van der Waals surface area contributed by atoms with E-state index in [0.717, 1.165) is 0 Å². The van der Waals surface area contributed by atoms with Gasteiger partial charge in [0.15, 0.2) is 0 Å². The van der Waals surface area contributed by atoms with Crippen LogP contribution in [0.15, 0.2) is 0 Å². The molecule has 0 aliphatic carbocycles. The molecule has 0 atom stereocenters. The molecule has 0 N–H and O–H groups in total. The van der Waals surface area contributed by atoms with Crippen molar-refractivity contribution in [3.05, 3.63) is 0 Å². The van der Waals surface area contributed by atoms with Crippen molar-refractivity contribution in [2.24, 2.45) is 0 Å². The number of carbonyl (C=O) groups excluding carboxylic acids is 2. The predicted molar refractivity (Wildman–Crippen MR) is 50.3 cm³/mol. The van der Waals surface area contributed by atoms with Crippen LogP contribution in [0.1, 0.15) is 12.8 Å². The molecule has 1 heterocycles. The molecule has 0 saturated carbocycles. The number of halogens is 3. The molecule has 1 aliphatic heterocycles. The van der Waals surface area contributed by atoms with Gasteiger partial charge in [-0.3, -0.25) is 9.59 Å². The Kier molecular flexibility index (Phi) is 3.02. The Morgan fingerprint density at radius 1 is 1.07 bits per heavy atom. The van der Waals surface area contributed by atoms with Gasteiger partial charge >= 0.3 is 3.12 Å². The number of sulfonamides is 1. The Morgan fingerprint density at radius 3 is 1.71 bits per heavy atom. The fraction of sp³-hybridized carbons (Fsp3) is 0.600. The standard InChI is InChI=1S/C5H4Cl3NO4S/c6-5(7,8)14(12,13)9-3(10)1-2-4(9)11/h1-2H2. The van der Waals surface area contributed by atoms with Crippen molar-refractivity contribution >= 4 is 56.6 Å². The topological polar surface area (TPSA) is 71.5 Å². The Balaban J connectivity index is 3.17. The van der Waals surface area contributed by atoms with Gasteiger partial charge in [-0.1, -0.05) is 34.8 Å². The third kappa shape index (κ3) is 1.84. The molecule has 0 aromatic heterocycles. The summed E-state index contributed by atoms with van der Waals surface area (Å²) < 4.78 is 20.0. The molecule has 80 valence electrons. The van der Waals surface area contributed by atoms with Gasteiger partial charge in [-0.2, -0.15) is 4.31 Å². The molecule has 0 aromatic rings. The third-order valence-electron chi connectivity index (χ3n) is 1.54. The molecular weight excluding hydrogens is 276 g/mol. The van der Waals surface area contributed by atoms with Gasteiger partial charge in [0.1, 0.15) is 0 Å². The first kappa shape index (κ1) is 12.0. The molecule has 2 amide bonds. The summed E-state index contributed by atoms with van der Waals surface area (Å²) in [6.07, 6.45) is -0.363. The van der Waals surface area contributed by atoms with Crippen LogP contribution in [0.25, 0.3) is 0 Å². The molecule has 1 fully saturated rings. The number of amides is 2. The van der Waals surface area contributed by atoms with Crippen molar-refractivity contribution in [1.29, 1.82) is 0 Å². The quantitative estimate of drug-likeness (QED) is 0.526. The van der Waals surface area contributed by atoms with E-state index in [4.69, 9.17) is 34.8 Å². The first-order valence-electron chi connectivity index (χ1n) is 3.35. The van der Waals surface area contributed by atoms with Gasteiger partial charge in [0.2, 0.25) is 11.8 Å². The van der Waals surface area contributed by atoms with Crippen molar-refractivity contribution in [2.45, 2.75) is 16.0 Å². The molecule has 0 bridgehead atoms. The summed E-state index contributed by atoms with van der Waals surface area (Å²) >= 11 is 15.4. The Bertz CT molecular complexity index is 368. The van der Waals surface area contributed by atoms with Crippen molar-refractivity contribution in [3.63, 3.8) is 0 Å². The van der Waals surface area contributed by atoms with E-state index in [9.17, 15) is 18.0 Å². The van der Waals surface area contributed by atoms with Crippen LogP contribution in [-0.4, -0.2) is 27.7 Å². The van der Waals surface area contributed by atoms with Crippen molar-refractivity contribution in [1.82, 2.24) is 4.31 Å². The second-order valence-corrected chi connectivity index (χ2v) is 7.38. The van der Waals surface area contributed by atoms with Crippen LogP contribution in [0.2, 0.25) is 0 Å². The molecule has 0 radical (unpaired) electrons. The summed E-state index contributed by atoms with van der Waals surface area (Å²) in [5.41, 5.74) is 0. The maximum atomic E-state index is 11.4. The minimum absolute atomic E-state index is 0.0139. The Labute approximate surface area is 94.9 Å². The third-order valence-corrected chi connectivity index (χ3v) is 4.77. The van der Waals surface area contributed by atoms with Crippen LogP contribution in [0.4, 0.5) is 0 Å². The highest BCUT2D eigenvalue weighted by Gasteiger charge is 2.50. The molecule has 1 aliphatic rings. The largest absolute Gasteiger partial charge is 0.312 e. The predicted octanol–water partition coefficient (Wildman–Crippen LogP) is 0.793. The van der Waals surface area contributed by atoms with Gasteiger partial charge in [0.05, 0.1) is 0 Å². The van der Waals surface area contributed by atoms with E-state index in [1.54, 1.807) is 0 Å². The monoisotopic (exact) mass is 279 g/mol. The number of hydrogen-bond acceptors (Lipinski definition) is 4. The van der Waals surface area contributed by atoms with E-state index in [2.05, 4.69) is 0 Å². The first-order valence-corrected chi connectivity index (χ1v) is 5.92. The van der Waals surface area contributed by atoms with Gasteiger partial charge in [0, 0.05) is 12.8 Å². The van der Waals surface area contributed by atoms with E-state index in [0.29, 0.717) is 0 Å². The molecule has 1 saturated heterocycles. The molecular formula is C5H4Cl3NO4S. The second kappa shape index (κ2) is 3.52. The van der Waals surface area contributed by atoms with E-state index in [1.165, 1.54) is 0 Å². The summed E-state index contributed by atoms with van der Waals surface area (Å²) in [6, 6.07) is 0. The lowest BCUT2D eigenvalue weighted by molar-refractivity contribution is -0.132. The van der Waals surface area contributed by atoms with Gasteiger partial charge in [0.25, 0.3) is 10.0 Å². The van der Waals surface area contributed by atoms with Crippen LogP contribution in [0, 0.1) is 0 Å². The highest BCUT2D eigenvalue weighted by molar-refractivity contribution is 7.96. The van der Waals surface area contributed by atoms with E-state index >= 15 is 0 Å². The van der Waals surface area contributed by atoms with Crippen LogP contribution in [0.5, 0.6) is 0 Å². The minimum atomic E-state index is -4.54. The van der Waals surface area contributed by atoms with Gasteiger partial charge in [-0.05, 0) is 0 Å². The van der Waals surface area contributed by atoms with Crippen LogP contribution >= 0.6 is 34.8 Å². The smallest absolute Gasteiger partial charge is 0.273 e.